The van der Waals surface area contributed by atoms with Crippen LogP contribution in [-0.4, -0.2) is 20.5 Å². The maximum atomic E-state index is 11.4. The lowest BCUT2D eigenvalue weighted by atomic mass is 10.1. The first-order valence-corrected chi connectivity index (χ1v) is 8.43. The molecule has 2 aromatic carbocycles. The highest BCUT2D eigenvalue weighted by Gasteiger charge is 2.16. The van der Waals surface area contributed by atoms with Gasteiger partial charge in [0.05, 0.1) is 5.56 Å². The number of nitrogens with zero attached hydrogens (tertiary/aromatic N) is 4. The molecule has 27 heavy (non-hydrogen) atoms. The average Bonchev–Trinajstić information content (AvgIpc) is 3.07. The predicted molar refractivity (Wildman–Crippen MR) is 103 cm³/mol. The molecule has 0 saturated heterocycles. The summed E-state index contributed by atoms with van der Waals surface area (Å²) in [7, 11) is 0. The number of azo groups is 1. The van der Waals surface area contributed by atoms with Gasteiger partial charge in [-0.15, -0.1) is 10.2 Å². The fourth-order valence-corrected chi connectivity index (χ4v) is 2.96. The van der Waals surface area contributed by atoms with Gasteiger partial charge in [-0.2, -0.15) is 0 Å². The summed E-state index contributed by atoms with van der Waals surface area (Å²) in [5.74, 6) is -0.475. The fourth-order valence-electron chi connectivity index (χ4n) is 2.96. The summed E-state index contributed by atoms with van der Waals surface area (Å²) in [6, 6.07) is 22.1. The van der Waals surface area contributed by atoms with E-state index in [1.807, 2.05) is 59.9 Å². The SMILES string of the molecule is Cc1cccc2nc(-c3ccccc3)c(N=Nc3ccccc3C(=O)O)n12. The van der Waals surface area contributed by atoms with Crippen molar-refractivity contribution < 1.29 is 9.90 Å². The zero-order valence-electron chi connectivity index (χ0n) is 14.6. The minimum Gasteiger partial charge on any atom is -0.478 e. The summed E-state index contributed by atoms with van der Waals surface area (Å²) < 4.78 is 1.91. The molecule has 0 aliphatic carbocycles. The second-order valence-corrected chi connectivity index (χ2v) is 6.03. The molecule has 0 fully saturated rings. The van der Waals surface area contributed by atoms with Crippen LogP contribution in [0.5, 0.6) is 0 Å². The highest BCUT2D eigenvalue weighted by atomic mass is 16.4. The molecule has 0 amide bonds. The molecule has 4 rings (SSSR count). The smallest absolute Gasteiger partial charge is 0.337 e. The Morgan fingerprint density at radius 1 is 0.926 bits per heavy atom. The van der Waals surface area contributed by atoms with E-state index in [9.17, 15) is 9.90 Å². The van der Waals surface area contributed by atoms with Crippen molar-refractivity contribution >= 4 is 23.1 Å². The Morgan fingerprint density at radius 3 is 2.44 bits per heavy atom. The van der Waals surface area contributed by atoms with Crippen LogP contribution in [0.2, 0.25) is 0 Å². The minimum atomic E-state index is -1.04. The van der Waals surface area contributed by atoms with E-state index in [0.29, 0.717) is 17.2 Å². The molecule has 6 nitrogen and oxygen atoms in total. The third-order valence-corrected chi connectivity index (χ3v) is 4.25. The normalized spacial score (nSPS) is 11.3. The average molecular weight is 356 g/mol. The molecular weight excluding hydrogens is 340 g/mol. The van der Waals surface area contributed by atoms with Gasteiger partial charge >= 0.3 is 5.97 Å². The van der Waals surface area contributed by atoms with Crippen molar-refractivity contribution in [3.63, 3.8) is 0 Å². The van der Waals surface area contributed by atoms with Crippen molar-refractivity contribution in [1.82, 2.24) is 9.38 Å². The number of carboxylic acid groups (broad SMARTS) is 1. The van der Waals surface area contributed by atoms with Crippen LogP contribution in [0, 0.1) is 6.92 Å². The Balaban J connectivity index is 1.92. The number of aromatic nitrogens is 2. The van der Waals surface area contributed by atoms with Gasteiger partial charge in [-0.25, -0.2) is 9.78 Å². The molecule has 0 aliphatic heterocycles. The van der Waals surface area contributed by atoms with Crippen LogP contribution in [0.15, 0.2) is 83.0 Å². The number of hydrogen-bond acceptors (Lipinski definition) is 4. The standard InChI is InChI=1S/C21H16N4O2/c1-14-8-7-13-18-22-19(15-9-3-2-4-10-15)20(25(14)18)24-23-17-12-6-5-11-16(17)21(26)27/h2-13H,1H3,(H,26,27). The third kappa shape index (κ3) is 3.08. The second-order valence-electron chi connectivity index (χ2n) is 6.03. The predicted octanol–water partition coefficient (Wildman–Crippen LogP) is 5.42. The van der Waals surface area contributed by atoms with Crippen molar-refractivity contribution in [3.05, 3.63) is 84.1 Å². The van der Waals surface area contributed by atoms with E-state index < -0.39 is 5.97 Å². The van der Waals surface area contributed by atoms with Crippen LogP contribution >= 0.6 is 0 Å². The first kappa shape index (κ1) is 16.7. The quantitative estimate of drug-likeness (QED) is 0.496. The number of benzene rings is 2. The van der Waals surface area contributed by atoms with E-state index in [-0.39, 0.29) is 5.56 Å². The van der Waals surface area contributed by atoms with E-state index in [2.05, 4.69) is 10.2 Å². The zero-order valence-corrected chi connectivity index (χ0v) is 14.6. The molecule has 0 bridgehead atoms. The number of pyridine rings is 1. The Morgan fingerprint density at radius 2 is 1.67 bits per heavy atom. The van der Waals surface area contributed by atoms with Gasteiger partial charge in [0.2, 0.25) is 0 Å². The van der Waals surface area contributed by atoms with Crippen molar-refractivity contribution in [1.29, 1.82) is 0 Å². The molecule has 0 saturated carbocycles. The lowest BCUT2D eigenvalue weighted by Gasteiger charge is -2.03. The van der Waals surface area contributed by atoms with Crippen LogP contribution in [0.1, 0.15) is 16.1 Å². The Kier molecular flexibility index (Phi) is 4.22. The summed E-state index contributed by atoms with van der Waals surface area (Å²) in [4.78, 5) is 16.1. The highest BCUT2D eigenvalue weighted by molar-refractivity contribution is 5.93. The van der Waals surface area contributed by atoms with Crippen LogP contribution in [0.4, 0.5) is 11.5 Å². The van der Waals surface area contributed by atoms with Crippen LogP contribution in [0.3, 0.4) is 0 Å². The maximum Gasteiger partial charge on any atom is 0.337 e. The number of imidazole rings is 1. The zero-order chi connectivity index (χ0) is 18.8. The summed E-state index contributed by atoms with van der Waals surface area (Å²) in [5.41, 5.74) is 3.74. The molecular formula is C21H16N4O2. The van der Waals surface area contributed by atoms with Gasteiger partial charge < -0.3 is 5.11 Å². The van der Waals surface area contributed by atoms with Gasteiger partial charge in [0.1, 0.15) is 17.0 Å². The van der Waals surface area contributed by atoms with E-state index in [0.717, 1.165) is 16.9 Å². The molecule has 0 atom stereocenters. The van der Waals surface area contributed by atoms with Crippen LogP contribution in [0.25, 0.3) is 16.9 Å². The highest BCUT2D eigenvalue weighted by Crippen LogP contribution is 2.33. The molecule has 2 aromatic heterocycles. The monoisotopic (exact) mass is 356 g/mol. The van der Waals surface area contributed by atoms with E-state index >= 15 is 0 Å². The number of rotatable bonds is 4. The third-order valence-electron chi connectivity index (χ3n) is 4.25. The number of aromatic carboxylic acids is 1. The second kappa shape index (κ2) is 6.84. The molecule has 0 radical (unpaired) electrons. The summed E-state index contributed by atoms with van der Waals surface area (Å²) >= 11 is 0. The summed E-state index contributed by atoms with van der Waals surface area (Å²) in [6.45, 7) is 1.97. The molecule has 0 unspecified atom stereocenters. The van der Waals surface area contributed by atoms with Crippen LogP contribution in [-0.2, 0) is 0 Å². The molecule has 0 spiro atoms. The number of hydrogen-bond donors (Lipinski definition) is 1. The molecule has 132 valence electrons. The van der Waals surface area contributed by atoms with Gasteiger partial charge in [0.15, 0.2) is 5.82 Å². The Bertz CT molecular complexity index is 1160. The molecule has 0 aliphatic rings. The number of carbonyl (C=O) groups is 1. The van der Waals surface area contributed by atoms with Crippen molar-refractivity contribution in [2.24, 2.45) is 10.2 Å². The molecule has 4 aromatic rings. The van der Waals surface area contributed by atoms with Crippen molar-refractivity contribution in [2.45, 2.75) is 6.92 Å². The number of aryl methyl sites for hydroxylation is 1. The van der Waals surface area contributed by atoms with Gasteiger partial charge in [-0.05, 0) is 31.2 Å². The maximum absolute atomic E-state index is 11.4. The molecule has 2 heterocycles. The first-order valence-electron chi connectivity index (χ1n) is 8.43. The topological polar surface area (TPSA) is 79.3 Å². The van der Waals surface area contributed by atoms with Gasteiger partial charge in [0, 0.05) is 11.3 Å². The Hall–Kier alpha value is -3.80. The minimum absolute atomic E-state index is 0.105. The Labute approximate surface area is 155 Å². The number of fused-ring (bicyclic) bond motifs is 1. The van der Waals surface area contributed by atoms with E-state index in [1.165, 1.54) is 6.07 Å². The lowest BCUT2D eigenvalue weighted by Crippen LogP contribution is -1.95. The lowest BCUT2D eigenvalue weighted by molar-refractivity contribution is 0.0697. The number of carboxylic acids is 1. The van der Waals surface area contributed by atoms with Crippen molar-refractivity contribution in [3.8, 4) is 11.3 Å². The van der Waals surface area contributed by atoms with Crippen molar-refractivity contribution in [2.75, 3.05) is 0 Å². The largest absolute Gasteiger partial charge is 0.478 e. The van der Waals surface area contributed by atoms with Gasteiger partial charge in [0.25, 0.3) is 0 Å². The van der Waals surface area contributed by atoms with Gasteiger partial charge in [-0.1, -0.05) is 48.5 Å². The fraction of sp³-hybridized carbons (Fsp3) is 0.0476. The molecule has 1 N–H and O–H groups in total. The van der Waals surface area contributed by atoms with Crippen LogP contribution < -0.4 is 0 Å². The summed E-state index contributed by atoms with van der Waals surface area (Å²) in [6.07, 6.45) is 0. The molecule has 6 heteroatoms. The summed E-state index contributed by atoms with van der Waals surface area (Å²) in [5, 5.41) is 18.0. The van der Waals surface area contributed by atoms with Gasteiger partial charge in [-0.3, -0.25) is 4.40 Å². The van der Waals surface area contributed by atoms with E-state index in [1.54, 1.807) is 18.2 Å². The van der Waals surface area contributed by atoms with E-state index in [4.69, 9.17) is 4.98 Å². The first-order chi connectivity index (χ1) is 13.1.